The third kappa shape index (κ3) is 2.38. The van der Waals surface area contributed by atoms with E-state index in [1.807, 2.05) is 0 Å². The van der Waals surface area contributed by atoms with Crippen molar-refractivity contribution >= 4 is 5.69 Å². The molecule has 2 N–H and O–H groups in total. The van der Waals surface area contributed by atoms with Crippen molar-refractivity contribution in [3.63, 3.8) is 0 Å². The Balaban J connectivity index is 1.51. The van der Waals surface area contributed by atoms with Crippen LogP contribution < -0.4 is 10.6 Å². The molecule has 0 saturated heterocycles. The van der Waals surface area contributed by atoms with Gasteiger partial charge in [0.2, 0.25) is 0 Å². The van der Waals surface area contributed by atoms with Crippen molar-refractivity contribution in [1.29, 1.82) is 0 Å². The molecule has 1 fully saturated rings. The monoisotopic (exact) mass is 216 g/mol. The van der Waals surface area contributed by atoms with Gasteiger partial charge in [-0.25, -0.2) is 0 Å². The van der Waals surface area contributed by atoms with Gasteiger partial charge in [-0.15, -0.1) is 0 Å². The first-order valence-corrected chi connectivity index (χ1v) is 6.44. The quantitative estimate of drug-likeness (QED) is 0.807. The topological polar surface area (TPSA) is 24.1 Å². The number of hydrogen-bond donors (Lipinski definition) is 2. The van der Waals surface area contributed by atoms with E-state index >= 15 is 0 Å². The standard InChI is InChI=1S/C14H20N2/c1-2-4-14-13(3-1)7-12(10-16-14)9-15-8-11-5-6-11/h1-4,11-12,15-16H,5-10H2. The van der Waals surface area contributed by atoms with Gasteiger partial charge in [0.05, 0.1) is 0 Å². The van der Waals surface area contributed by atoms with E-state index in [1.165, 1.54) is 37.1 Å². The third-order valence-electron chi connectivity index (χ3n) is 3.67. The molecule has 1 unspecified atom stereocenters. The van der Waals surface area contributed by atoms with E-state index < -0.39 is 0 Å². The van der Waals surface area contributed by atoms with Crippen LogP contribution in [0.2, 0.25) is 0 Å². The molecule has 2 aliphatic rings. The summed E-state index contributed by atoms with van der Waals surface area (Å²) in [5.41, 5.74) is 2.81. The number of para-hydroxylation sites is 1. The average molecular weight is 216 g/mol. The molecule has 86 valence electrons. The molecule has 2 heteroatoms. The fourth-order valence-corrected chi connectivity index (χ4v) is 2.47. The molecule has 1 aliphatic carbocycles. The maximum Gasteiger partial charge on any atom is 0.0372 e. The van der Waals surface area contributed by atoms with E-state index in [0.29, 0.717) is 0 Å². The smallest absolute Gasteiger partial charge is 0.0372 e. The van der Waals surface area contributed by atoms with Crippen molar-refractivity contribution in [1.82, 2.24) is 5.32 Å². The van der Waals surface area contributed by atoms with Crippen molar-refractivity contribution in [3.05, 3.63) is 29.8 Å². The molecule has 1 aliphatic heterocycles. The molecule has 1 heterocycles. The SMILES string of the molecule is c1ccc2c(c1)CC(CNCC1CC1)CN2. The van der Waals surface area contributed by atoms with Crippen LogP contribution in [0, 0.1) is 11.8 Å². The van der Waals surface area contributed by atoms with Crippen molar-refractivity contribution < 1.29 is 0 Å². The highest BCUT2D eigenvalue weighted by Gasteiger charge is 2.22. The van der Waals surface area contributed by atoms with E-state index in [4.69, 9.17) is 0 Å². The van der Waals surface area contributed by atoms with Gasteiger partial charge in [0.1, 0.15) is 0 Å². The van der Waals surface area contributed by atoms with Gasteiger partial charge >= 0.3 is 0 Å². The normalized spacial score (nSPS) is 23.6. The summed E-state index contributed by atoms with van der Waals surface area (Å²) in [5.74, 6) is 1.75. The summed E-state index contributed by atoms with van der Waals surface area (Å²) in [6.45, 7) is 3.52. The lowest BCUT2D eigenvalue weighted by molar-refractivity contribution is 0.476. The lowest BCUT2D eigenvalue weighted by Crippen LogP contribution is -2.33. The molecular formula is C14H20N2. The molecule has 1 atom stereocenters. The maximum atomic E-state index is 3.61. The van der Waals surface area contributed by atoms with Gasteiger partial charge in [-0.2, -0.15) is 0 Å². The molecule has 0 bridgehead atoms. The number of anilines is 1. The summed E-state index contributed by atoms with van der Waals surface area (Å²) in [5, 5.41) is 7.13. The van der Waals surface area contributed by atoms with E-state index in [1.54, 1.807) is 0 Å². The highest BCUT2D eigenvalue weighted by molar-refractivity contribution is 5.53. The molecule has 1 saturated carbocycles. The van der Waals surface area contributed by atoms with Crippen molar-refractivity contribution in [3.8, 4) is 0 Å². The molecule has 2 nitrogen and oxygen atoms in total. The van der Waals surface area contributed by atoms with Crippen LogP contribution in [0.3, 0.4) is 0 Å². The third-order valence-corrected chi connectivity index (χ3v) is 3.67. The highest BCUT2D eigenvalue weighted by Crippen LogP contribution is 2.28. The van der Waals surface area contributed by atoms with E-state index in [-0.39, 0.29) is 0 Å². The molecule has 0 radical (unpaired) electrons. The Morgan fingerprint density at radius 3 is 2.81 bits per heavy atom. The molecule has 3 rings (SSSR count). The van der Waals surface area contributed by atoms with E-state index in [2.05, 4.69) is 34.9 Å². The molecule has 0 amide bonds. The maximum absolute atomic E-state index is 3.61. The highest BCUT2D eigenvalue weighted by atomic mass is 14.9. The minimum absolute atomic E-state index is 0.758. The first-order valence-electron chi connectivity index (χ1n) is 6.44. The van der Waals surface area contributed by atoms with Crippen LogP contribution in [0.5, 0.6) is 0 Å². The van der Waals surface area contributed by atoms with Crippen molar-refractivity contribution in [2.75, 3.05) is 25.0 Å². The first-order chi connectivity index (χ1) is 7.92. The van der Waals surface area contributed by atoms with E-state index in [0.717, 1.165) is 24.9 Å². The Morgan fingerprint density at radius 2 is 1.94 bits per heavy atom. The van der Waals surface area contributed by atoms with Crippen LogP contribution in [0.15, 0.2) is 24.3 Å². The minimum Gasteiger partial charge on any atom is -0.384 e. The van der Waals surface area contributed by atoms with Crippen LogP contribution >= 0.6 is 0 Å². The second kappa shape index (κ2) is 4.46. The lowest BCUT2D eigenvalue weighted by Gasteiger charge is -2.26. The number of nitrogens with one attached hydrogen (secondary N) is 2. The molecule has 0 spiro atoms. The predicted molar refractivity (Wildman–Crippen MR) is 67.7 cm³/mol. The molecule has 0 aromatic heterocycles. The molecular weight excluding hydrogens is 196 g/mol. The number of benzene rings is 1. The zero-order valence-corrected chi connectivity index (χ0v) is 9.71. The second-order valence-electron chi connectivity index (χ2n) is 5.21. The summed E-state index contributed by atoms with van der Waals surface area (Å²) in [6, 6.07) is 8.68. The van der Waals surface area contributed by atoms with Crippen LogP contribution in [0.25, 0.3) is 0 Å². The summed E-state index contributed by atoms with van der Waals surface area (Å²) in [4.78, 5) is 0. The zero-order valence-electron chi connectivity index (χ0n) is 9.71. The van der Waals surface area contributed by atoms with Gasteiger partial charge in [0, 0.05) is 12.2 Å². The number of rotatable bonds is 4. The predicted octanol–water partition coefficient (Wildman–Crippen LogP) is 2.27. The Kier molecular flexibility index (Phi) is 2.83. The minimum atomic E-state index is 0.758. The molecule has 1 aromatic rings. The summed E-state index contributed by atoms with van der Waals surface area (Å²) in [6.07, 6.45) is 4.11. The lowest BCUT2D eigenvalue weighted by atomic mass is 9.94. The fourth-order valence-electron chi connectivity index (χ4n) is 2.47. The van der Waals surface area contributed by atoms with Gasteiger partial charge in [-0.1, -0.05) is 18.2 Å². The molecule has 16 heavy (non-hydrogen) atoms. The fraction of sp³-hybridized carbons (Fsp3) is 0.571. The summed E-state index contributed by atoms with van der Waals surface area (Å²) in [7, 11) is 0. The number of fused-ring (bicyclic) bond motifs is 1. The Labute approximate surface area is 97.4 Å². The largest absolute Gasteiger partial charge is 0.384 e. The summed E-state index contributed by atoms with van der Waals surface area (Å²) >= 11 is 0. The Hall–Kier alpha value is -1.02. The second-order valence-corrected chi connectivity index (χ2v) is 5.21. The van der Waals surface area contributed by atoms with Gasteiger partial charge in [0.25, 0.3) is 0 Å². The van der Waals surface area contributed by atoms with Crippen LogP contribution in [-0.2, 0) is 6.42 Å². The van der Waals surface area contributed by atoms with Crippen molar-refractivity contribution in [2.45, 2.75) is 19.3 Å². The Bertz CT molecular complexity index is 358. The Morgan fingerprint density at radius 1 is 1.12 bits per heavy atom. The van der Waals surface area contributed by atoms with Crippen LogP contribution in [0.4, 0.5) is 5.69 Å². The average Bonchev–Trinajstić information content (AvgIpc) is 3.13. The summed E-state index contributed by atoms with van der Waals surface area (Å²) < 4.78 is 0. The molecule has 1 aromatic carbocycles. The zero-order chi connectivity index (χ0) is 10.8. The number of hydrogen-bond acceptors (Lipinski definition) is 2. The van der Waals surface area contributed by atoms with Crippen molar-refractivity contribution in [2.24, 2.45) is 11.8 Å². The first kappa shape index (κ1) is 10.2. The van der Waals surface area contributed by atoms with Gasteiger partial charge < -0.3 is 10.6 Å². The van der Waals surface area contributed by atoms with Gasteiger partial charge in [-0.3, -0.25) is 0 Å². The van der Waals surface area contributed by atoms with E-state index in [9.17, 15) is 0 Å². The van der Waals surface area contributed by atoms with Gasteiger partial charge in [-0.05, 0) is 55.8 Å². The van der Waals surface area contributed by atoms with Gasteiger partial charge in [0.15, 0.2) is 0 Å². The van der Waals surface area contributed by atoms with Crippen LogP contribution in [-0.4, -0.2) is 19.6 Å². The van der Waals surface area contributed by atoms with Crippen LogP contribution in [0.1, 0.15) is 18.4 Å².